The summed E-state index contributed by atoms with van der Waals surface area (Å²) in [6.07, 6.45) is 10.5. The molecule has 25 heavy (non-hydrogen) atoms. The van der Waals surface area contributed by atoms with Crippen molar-refractivity contribution in [1.29, 1.82) is 0 Å². The fourth-order valence-electron chi connectivity index (χ4n) is 3.91. The Morgan fingerprint density at radius 1 is 1.00 bits per heavy atom. The Morgan fingerprint density at radius 2 is 1.64 bits per heavy atom. The highest BCUT2D eigenvalue weighted by Crippen LogP contribution is 2.23. The molecule has 2 aliphatic rings. The van der Waals surface area contributed by atoms with E-state index in [2.05, 4.69) is 34.1 Å². The molecule has 1 amide bonds. The van der Waals surface area contributed by atoms with Crippen molar-refractivity contribution in [2.24, 2.45) is 0 Å². The SMILES string of the molecule is CN(C)c1ccc(/C=C\C(=O)N2CCN(C3CCCCC3)CC2)cc1. The molecule has 0 bridgehead atoms. The first-order valence-corrected chi connectivity index (χ1v) is 9.62. The second-order valence-electron chi connectivity index (χ2n) is 7.47. The zero-order chi connectivity index (χ0) is 17.6. The molecule has 0 N–H and O–H groups in total. The van der Waals surface area contributed by atoms with Gasteiger partial charge in [-0.05, 0) is 36.6 Å². The van der Waals surface area contributed by atoms with Gasteiger partial charge >= 0.3 is 0 Å². The predicted molar refractivity (Wildman–Crippen MR) is 105 cm³/mol. The van der Waals surface area contributed by atoms with Crippen LogP contribution in [-0.2, 0) is 4.79 Å². The zero-order valence-corrected chi connectivity index (χ0v) is 15.7. The lowest BCUT2D eigenvalue weighted by Gasteiger charge is -2.40. The van der Waals surface area contributed by atoms with E-state index in [9.17, 15) is 4.79 Å². The van der Waals surface area contributed by atoms with Crippen LogP contribution in [0.4, 0.5) is 5.69 Å². The van der Waals surface area contributed by atoms with Gasteiger partial charge in [-0.15, -0.1) is 0 Å². The molecule has 136 valence electrons. The van der Waals surface area contributed by atoms with Crippen LogP contribution in [0.25, 0.3) is 6.08 Å². The van der Waals surface area contributed by atoms with E-state index in [1.54, 1.807) is 6.08 Å². The third kappa shape index (κ3) is 4.85. The molecule has 0 spiro atoms. The molecule has 1 aromatic rings. The number of amides is 1. The van der Waals surface area contributed by atoms with E-state index in [1.165, 1.54) is 37.8 Å². The minimum Gasteiger partial charge on any atom is -0.378 e. The molecule has 1 saturated carbocycles. The van der Waals surface area contributed by atoms with Gasteiger partial charge in [-0.3, -0.25) is 9.69 Å². The number of hydrogen-bond acceptors (Lipinski definition) is 3. The molecular weight excluding hydrogens is 310 g/mol. The molecule has 0 radical (unpaired) electrons. The van der Waals surface area contributed by atoms with Gasteiger partial charge < -0.3 is 9.80 Å². The molecule has 4 nitrogen and oxygen atoms in total. The molecule has 3 rings (SSSR count). The molecule has 1 aliphatic heterocycles. The van der Waals surface area contributed by atoms with Gasteiger partial charge in [0.05, 0.1) is 0 Å². The first-order chi connectivity index (χ1) is 12.1. The number of rotatable bonds is 4. The summed E-state index contributed by atoms with van der Waals surface area (Å²) in [6.45, 7) is 3.78. The van der Waals surface area contributed by atoms with E-state index < -0.39 is 0 Å². The highest BCUT2D eigenvalue weighted by Gasteiger charge is 2.26. The van der Waals surface area contributed by atoms with Crippen molar-refractivity contribution >= 4 is 17.7 Å². The van der Waals surface area contributed by atoms with E-state index in [0.717, 1.165) is 37.8 Å². The van der Waals surface area contributed by atoms with E-state index in [0.29, 0.717) is 0 Å². The molecule has 1 aliphatic carbocycles. The van der Waals surface area contributed by atoms with Crippen LogP contribution in [0.1, 0.15) is 37.7 Å². The highest BCUT2D eigenvalue weighted by molar-refractivity contribution is 5.91. The van der Waals surface area contributed by atoms with Crippen LogP contribution in [0.5, 0.6) is 0 Å². The van der Waals surface area contributed by atoms with E-state index in [1.807, 2.05) is 25.1 Å². The van der Waals surface area contributed by atoms with Crippen molar-refractivity contribution in [3.8, 4) is 0 Å². The quantitative estimate of drug-likeness (QED) is 0.787. The largest absolute Gasteiger partial charge is 0.378 e. The summed E-state index contributed by atoms with van der Waals surface area (Å²) < 4.78 is 0. The fraction of sp³-hybridized carbons (Fsp3) is 0.571. The molecule has 1 saturated heterocycles. The topological polar surface area (TPSA) is 26.8 Å². The van der Waals surface area contributed by atoms with Crippen LogP contribution < -0.4 is 4.90 Å². The summed E-state index contributed by atoms with van der Waals surface area (Å²) in [5.74, 6) is 0.139. The van der Waals surface area contributed by atoms with Gasteiger partial charge in [-0.25, -0.2) is 0 Å². The normalized spacial score (nSPS) is 20.2. The van der Waals surface area contributed by atoms with Gasteiger partial charge in [0.2, 0.25) is 5.91 Å². The average Bonchev–Trinajstić information content (AvgIpc) is 2.67. The molecule has 0 atom stereocenters. The molecular formula is C21H31N3O. The van der Waals surface area contributed by atoms with Crippen LogP contribution in [0, 0.1) is 0 Å². The smallest absolute Gasteiger partial charge is 0.246 e. The number of nitrogens with zero attached hydrogens (tertiary/aromatic N) is 3. The van der Waals surface area contributed by atoms with Crippen molar-refractivity contribution in [2.75, 3.05) is 45.2 Å². The highest BCUT2D eigenvalue weighted by atomic mass is 16.2. The Labute approximate surface area is 152 Å². The van der Waals surface area contributed by atoms with E-state index >= 15 is 0 Å². The summed E-state index contributed by atoms with van der Waals surface area (Å²) >= 11 is 0. The third-order valence-electron chi connectivity index (χ3n) is 5.54. The van der Waals surface area contributed by atoms with Gasteiger partial charge in [0.15, 0.2) is 0 Å². The number of benzene rings is 1. The first kappa shape index (κ1) is 18.0. The third-order valence-corrected chi connectivity index (χ3v) is 5.54. The molecule has 0 aromatic heterocycles. The lowest BCUT2D eigenvalue weighted by atomic mass is 9.94. The summed E-state index contributed by atoms with van der Waals surface area (Å²) in [6, 6.07) is 9.03. The van der Waals surface area contributed by atoms with Crippen molar-refractivity contribution in [2.45, 2.75) is 38.1 Å². The Balaban J connectivity index is 1.48. The van der Waals surface area contributed by atoms with Gasteiger partial charge in [-0.1, -0.05) is 31.4 Å². The van der Waals surface area contributed by atoms with Crippen LogP contribution in [0.2, 0.25) is 0 Å². The minimum atomic E-state index is 0.139. The Bertz CT molecular complexity index is 580. The summed E-state index contributed by atoms with van der Waals surface area (Å²) in [4.78, 5) is 19.1. The van der Waals surface area contributed by atoms with Gasteiger partial charge in [-0.2, -0.15) is 0 Å². The minimum absolute atomic E-state index is 0.139. The van der Waals surface area contributed by atoms with Crippen LogP contribution in [0.3, 0.4) is 0 Å². The van der Waals surface area contributed by atoms with Crippen LogP contribution >= 0.6 is 0 Å². The van der Waals surface area contributed by atoms with Crippen molar-refractivity contribution in [3.05, 3.63) is 35.9 Å². The Morgan fingerprint density at radius 3 is 2.24 bits per heavy atom. The van der Waals surface area contributed by atoms with Crippen molar-refractivity contribution < 1.29 is 4.79 Å². The number of carbonyl (C=O) groups excluding carboxylic acids is 1. The monoisotopic (exact) mass is 341 g/mol. The van der Waals surface area contributed by atoms with Crippen LogP contribution in [-0.4, -0.2) is 62.0 Å². The molecule has 0 unspecified atom stereocenters. The van der Waals surface area contributed by atoms with Crippen molar-refractivity contribution in [1.82, 2.24) is 9.80 Å². The van der Waals surface area contributed by atoms with Crippen molar-refractivity contribution in [3.63, 3.8) is 0 Å². The van der Waals surface area contributed by atoms with Gasteiger partial charge in [0.25, 0.3) is 0 Å². The molecule has 4 heteroatoms. The van der Waals surface area contributed by atoms with Crippen LogP contribution in [0.15, 0.2) is 30.3 Å². The second-order valence-corrected chi connectivity index (χ2v) is 7.47. The number of hydrogen-bond donors (Lipinski definition) is 0. The first-order valence-electron chi connectivity index (χ1n) is 9.62. The average molecular weight is 341 g/mol. The Kier molecular flexibility index (Phi) is 6.14. The summed E-state index contributed by atoms with van der Waals surface area (Å²) in [5, 5.41) is 0. The lowest BCUT2D eigenvalue weighted by molar-refractivity contribution is -0.128. The zero-order valence-electron chi connectivity index (χ0n) is 15.7. The second kappa shape index (κ2) is 8.52. The number of anilines is 1. The molecule has 2 fully saturated rings. The van der Waals surface area contributed by atoms with Gasteiger partial charge in [0, 0.05) is 58.1 Å². The molecule has 1 heterocycles. The Hall–Kier alpha value is -1.81. The fourth-order valence-corrected chi connectivity index (χ4v) is 3.91. The maximum Gasteiger partial charge on any atom is 0.246 e. The van der Waals surface area contributed by atoms with E-state index in [-0.39, 0.29) is 5.91 Å². The maximum absolute atomic E-state index is 12.4. The number of piperazine rings is 1. The van der Waals surface area contributed by atoms with Gasteiger partial charge in [0.1, 0.15) is 0 Å². The predicted octanol–water partition coefficient (Wildman–Crippen LogP) is 3.24. The standard InChI is InChI=1S/C21H31N3O/c1-22(2)19-11-8-18(9-12-19)10-13-21(25)24-16-14-23(15-17-24)20-6-4-3-5-7-20/h8-13,20H,3-7,14-17H2,1-2H3/b13-10-. The maximum atomic E-state index is 12.4. The summed E-state index contributed by atoms with van der Waals surface area (Å²) in [5.41, 5.74) is 2.24. The van der Waals surface area contributed by atoms with E-state index in [4.69, 9.17) is 0 Å². The summed E-state index contributed by atoms with van der Waals surface area (Å²) in [7, 11) is 4.06. The lowest BCUT2D eigenvalue weighted by Crippen LogP contribution is -2.52. The number of carbonyl (C=O) groups is 1. The molecule has 1 aromatic carbocycles.